The van der Waals surface area contributed by atoms with E-state index in [4.69, 9.17) is 20.9 Å². The van der Waals surface area contributed by atoms with Gasteiger partial charge in [-0.15, -0.1) is 0 Å². The topological polar surface area (TPSA) is 166 Å². The number of imidazole rings is 1. The van der Waals surface area contributed by atoms with Crippen molar-refractivity contribution in [3.63, 3.8) is 0 Å². The second-order valence-electron chi connectivity index (χ2n) is 8.50. The first-order valence-corrected chi connectivity index (χ1v) is 11.2. The molecule has 1 saturated heterocycles. The molecular weight excluding hydrogens is 456 g/mol. The molecule has 1 aliphatic heterocycles. The lowest BCUT2D eigenvalue weighted by Gasteiger charge is -2.31. The largest absolute Gasteiger partial charge is 0.481 e. The molecule has 3 aromatic rings. The second-order valence-corrected chi connectivity index (χ2v) is 8.50. The van der Waals surface area contributed by atoms with Gasteiger partial charge < -0.3 is 20.8 Å². The van der Waals surface area contributed by atoms with E-state index in [0.717, 1.165) is 29.5 Å². The molecule has 0 radical (unpaired) electrons. The van der Waals surface area contributed by atoms with Crippen LogP contribution in [0.25, 0.3) is 11.2 Å². The van der Waals surface area contributed by atoms with Gasteiger partial charge in [-0.1, -0.05) is 30.3 Å². The van der Waals surface area contributed by atoms with Crippen LogP contribution in [0.4, 0.5) is 5.95 Å². The third-order valence-corrected chi connectivity index (χ3v) is 5.80. The number of fused-ring (bicyclic) bond motifs is 1. The summed E-state index contributed by atoms with van der Waals surface area (Å²) in [5.74, 6) is -1.46. The number of anilines is 1. The maximum atomic E-state index is 12.9. The molecule has 1 aliphatic rings. The molecule has 0 saturated carbocycles. The lowest BCUT2D eigenvalue weighted by atomic mass is 10.1. The standard InChI is InChI=1S/C19H24N6O2.C4H6O4/c1-22-16-15(17(26)23(2)19(22)27)25(11-13-7-4-3-5-8-13)18(21-16)24-10-6-9-14(20)12-24;5-3(6)1-2-4(7)8/h3-5,7-8,14H,6,9-12,20H2,1-2H3;1-2H2,(H,5,6)(H,7,8)/t14-;/m1./s1. The lowest BCUT2D eigenvalue weighted by Crippen LogP contribution is -2.44. The summed E-state index contributed by atoms with van der Waals surface area (Å²) < 4.78 is 4.49. The molecule has 0 aliphatic carbocycles. The summed E-state index contributed by atoms with van der Waals surface area (Å²) in [5.41, 5.74) is 7.38. The number of aryl methyl sites for hydroxylation is 1. The molecular formula is C23H30N6O6. The van der Waals surface area contributed by atoms with Crippen LogP contribution in [0.5, 0.6) is 0 Å². The summed E-state index contributed by atoms with van der Waals surface area (Å²) in [7, 11) is 3.15. The Morgan fingerprint density at radius 3 is 2.26 bits per heavy atom. The highest BCUT2D eigenvalue weighted by molar-refractivity contribution is 5.75. The first-order valence-electron chi connectivity index (χ1n) is 11.2. The predicted molar refractivity (Wildman–Crippen MR) is 130 cm³/mol. The predicted octanol–water partition coefficient (Wildman–Crippen LogP) is 0.345. The third-order valence-electron chi connectivity index (χ3n) is 5.80. The fraction of sp³-hybridized carbons (Fsp3) is 0.435. The van der Waals surface area contributed by atoms with Gasteiger partial charge in [-0.3, -0.25) is 28.1 Å². The quantitative estimate of drug-likeness (QED) is 0.445. The molecule has 188 valence electrons. The van der Waals surface area contributed by atoms with Crippen LogP contribution < -0.4 is 21.9 Å². The summed E-state index contributed by atoms with van der Waals surface area (Å²) in [4.78, 5) is 51.4. The zero-order chi connectivity index (χ0) is 25.7. The van der Waals surface area contributed by atoms with Gasteiger partial charge >= 0.3 is 17.6 Å². The first-order chi connectivity index (χ1) is 16.6. The molecule has 1 fully saturated rings. The Hall–Kier alpha value is -3.93. The molecule has 3 heterocycles. The molecule has 35 heavy (non-hydrogen) atoms. The fourth-order valence-electron chi connectivity index (χ4n) is 4.00. The molecule has 0 amide bonds. The van der Waals surface area contributed by atoms with E-state index in [1.807, 2.05) is 34.9 Å². The Morgan fingerprint density at radius 1 is 1.06 bits per heavy atom. The van der Waals surface area contributed by atoms with Crippen molar-refractivity contribution in [1.29, 1.82) is 0 Å². The molecule has 0 unspecified atom stereocenters. The monoisotopic (exact) mass is 486 g/mol. The molecule has 12 heteroatoms. The number of nitrogens with zero attached hydrogens (tertiary/aromatic N) is 5. The summed E-state index contributed by atoms with van der Waals surface area (Å²) in [6, 6.07) is 10.0. The van der Waals surface area contributed by atoms with E-state index in [-0.39, 0.29) is 30.1 Å². The molecule has 1 atom stereocenters. The van der Waals surface area contributed by atoms with Crippen LogP contribution in [0.1, 0.15) is 31.2 Å². The first kappa shape index (κ1) is 25.7. The number of aromatic nitrogens is 4. The summed E-state index contributed by atoms with van der Waals surface area (Å²) in [6.07, 6.45) is 1.37. The molecule has 0 spiro atoms. The zero-order valence-corrected chi connectivity index (χ0v) is 19.8. The summed E-state index contributed by atoms with van der Waals surface area (Å²) >= 11 is 0. The van der Waals surface area contributed by atoms with Crippen LogP contribution >= 0.6 is 0 Å². The minimum atomic E-state index is -1.08. The van der Waals surface area contributed by atoms with Gasteiger partial charge in [-0.25, -0.2) is 4.79 Å². The van der Waals surface area contributed by atoms with Crippen molar-refractivity contribution in [2.24, 2.45) is 19.8 Å². The Kier molecular flexibility index (Phi) is 8.07. The molecule has 12 nitrogen and oxygen atoms in total. The van der Waals surface area contributed by atoms with Crippen LogP contribution in [0.3, 0.4) is 0 Å². The van der Waals surface area contributed by atoms with E-state index in [9.17, 15) is 19.2 Å². The molecule has 2 aromatic heterocycles. The highest BCUT2D eigenvalue weighted by Gasteiger charge is 2.25. The van der Waals surface area contributed by atoms with Crippen molar-refractivity contribution in [3.8, 4) is 0 Å². The average Bonchev–Trinajstić information content (AvgIpc) is 3.20. The van der Waals surface area contributed by atoms with Crippen LogP contribution in [-0.4, -0.2) is 60.0 Å². The maximum Gasteiger partial charge on any atom is 0.332 e. The molecule has 0 bridgehead atoms. The van der Waals surface area contributed by atoms with Crippen LogP contribution in [-0.2, 0) is 30.2 Å². The van der Waals surface area contributed by atoms with Gasteiger partial charge in [0.1, 0.15) is 0 Å². The number of piperidine rings is 1. The van der Waals surface area contributed by atoms with Crippen molar-refractivity contribution >= 4 is 29.1 Å². The SMILES string of the molecule is Cn1c(=O)c2c(nc(N3CCC[C@@H](N)C3)n2Cc2ccccc2)n(C)c1=O.O=C(O)CCC(=O)O. The number of carboxylic acids is 2. The number of benzene rings is 1. The van der Waals surface area contributed by atoms with Crippen molar-refractivity contribution in [2.45, 2.75) is 38.3 Å². The van der Waals surface area contributed by atoms with Gasteiger partial charge in [0.05, 0.1) is 19.4 Å². The van der Waals surface area contributed by atoms with Crippen LogP contribution in [0.2, 0.25) is 0 Å². The van der Waals surface area contributed by atoms with Gasteiger partial charge in [0, 0.05) is 33.2 Å². The van der Waals surface area contributed by atoms with Gasteiger partial charge in [-0.2, -0.15) is 4.98 Å². The van der Waals surface area contributed by atoms with Crippen molar-refractivity contribution < 1.29 is 19.8 Å². The van der Waals surface area contributed by atoms with E-state index in [1.165, 1.54) is 11.6 Å². The van der Waals surface area contributed by atoms with Crippen LogP contribution in [0, 0.1) is 0 Å². The fourth-order valence-corrected chi connectivity index (χ4v) is 4.00. The second kappa shape index (κ2) is 11.0. The molecule has 1 aromatic carbocycles. The Balaban J connectivity index is 0.000000371. The Labute approximate surface area is 200 Å². The maximum absolute atomic E-state index is 12.9. The number of hydrogen-bond acceptors (Lipinski definition) is 7. The average molecular weight is 487 g/mol. The molecule has 4 N–H and O–H groups in total. The third kappa shape index (κ3) is 5.96. The van der Waals surface area contributed by atoms with Gasteiger partial charge in [0.15, 0.2) is 11.2 Å². The van der Waals surface area contributed by atoms with E-state index >= 15 is 0 Å². The van der Waals surface area contributed by atoms with E-state index in [0.29, 0.717) is 30.2 Å². The normalized spacial score (nSPS) is 15.5. The van der Waals surface area contributed by atoms with Gasteiger partial charge in [0.25, 0.3) is 5.56 Å². The Morgan fingerprint density at radius 2 is 1.69 bits per heavy atom. The number of aliphatic carboxylic acids is 2. The van der Waals surface area contributed by atoms with Crippen LogP contribution in [0.15, 0.2) is 39.9 Å². The number of hydrogen-bond donors (Lipinski definition) is 3. The van der Waals surface area contributed by atoms with Crippen molar-refractivity contribution in [2.75, 3.05) is 18.0 Å². The Bertz CT molecular complexity index is 1310. The van der Waals surface area contributed by atoms with Crippen molar-refractivity contribution in [1.82, 2.24) is 18.7 Å². The lowest BCUT2D eigenvalue weighted by molar-refractivity contribution is -0.143. The highest BCUT2D eigenvalue weighted by Crippen LogP contribution is 2.24. The zero-order valence-electron chi connectivity index (χ0n) is 19.8. The van der Waals surface area contributed by atoms with E-state index < -0.39 is 11.9 Å². The highest BCUT2D eigenvalue weighted by atomic mass is 16.4. The number of rotatable bonds is 6. The minimum Gasteiger partial charge on any atom is -0.481 e. The summed E-state index contributed by atoms with van der Waals surface area (Å²) in [5, 5.41) is 15.8. The van der Waals surface area contributed by atoms with Gasteiger partial charge in [0.2, 0.25) is 5.95 Å². The number of carbonyl (C=O) groups is 2. The minimum absolute atomic E-state index is 0.0791. The number of nitrogens with two attached hydrogens (primary N) is 1. The number of carboxylic acid groups (broad SMARTS) is 2. The van der Waals surface area contributed by atoms with Crippen molar-refractivity contribution in [3.05, 3.63) is 56.7 Å². The molecule has 4 rings (SSSR count). The van der Waals surface area contributed by atoms with E-state index in [2.05, 4.69) is 4.90 Å². The van der Waals surface area contributed by atoms with E-state index in [1.54, 1.807) is 7.05 Å². The summed E-state index contributed by atoms with van der Waals surface area (Å²) in [6.45, 7) is 2.03. The smallest absolute Gasteiger partial charge is 0.332 e. The van der Waals surface area contributed by atoms with Gasteiger partial charge in [-0.05, 0) is 18.4 Å².